The molecule has 0 unspecified atom stereocenters. The standard InChI is InChI=1S/C38H78O2Si/c1-5-8-11-14-17-20-23-26-29-32-35-41(40-38(4)39,36-33-30-27-24-21-18-15-12-9-6-2)37-34-31-28-25-22-19-16-13-10-7-3/h5-37H2,1-4H3. The molecule has 0 amide bonds. The van der Waals surface area contributed by atoms with Crippen LogP contribution in [0.15, 0.2) is 0 Å². The van der Waals surface area contributed by atoms with Crippen molar-refractivity contribution in [3.8, 4) is 0 Å². The van der Waals surface area contributed by atoms with Crippen molar-refractivity contribution < 1.29 is 9.22 Å². The van der Waals surface area contributed by atoms with E-state index >= 15 is 0 Å². The van der Waals surface area contributed by atoms with Crippen LogP contribution < -0.4 is 0 Å². The molecule has 0 saturated heterocycles. The van der Waals surface area contributed by atoms with Crippen molar-refractivity contribution in [2.24, 2.45) is 0 Å². The summed E-state index contributed by atoms with van der Waals surface area (Å²) in [4.78, 5) is 12.3. The Morgan fingerprint density at radius 1 is 0.366 bits per heavy atom. The molecule has 0 rings (SSSR count). The molecule has 0 N–H and O–H groups in total. The van der Waals surface area contributed by atoms with Crippen molar-refractivity contribution in [3.05, 3.63) is 0 Å². The van der Waals surface area contributed by atoms with Crippen molar-refractivity contribution in [1.29, 1.82) is 0 Å². The van der Waals surface area contributed by atoms with Crippen LogP contribution in [0.2, 0.25) is 18.1 Å². The van der Waals surface area contributed by atoms with E-state index in [9.17, 15) is 4.79 Å². The zero-order valence-electron chi connectivity index (χ0n) is 29.2. The normalized spacial score (nSPS) is 11.8. The Morgan fingerprint density at radius 2 is 0.561 bits per heavy atom. The summed E-state index contributed by atoms with van der Waals surface area (Å²) >= 11 is 0. The fourth-order valence-electron chi connectivity index (χ4n) is 6.64. The summed E-state index contributed by atoms with van der Waals surface area (Å²) in [5.41, 5.74) is 0. The van der Waals surface area contributed by atoms with Gasteiger partial charge in [0.1, 0.15) is 0 Å². The molecule has 41 heavy (non-hydrogen) atoms. The van der Waals surface area contributed by atoms with Gasteiger partial charge in [0.05, 0.1) is 0 Å². The van der Waals surface area contributed by atoms with Gasteiger partial charge in [-0.25, -0.2) is 0 Å². The molecular formula is C38H78O2Si. The van der Waals surface area contributed by atoms with Gasteiger partial charge in [-0.05, 0) is 18.1 Å². The molecule has 0 aliphatic carbocycles. The monoisotopic (exact) mass is 595 g/mol. The molecule has 0 aliphatic rings. The Morgan fingerprint density at radius 3 is 0.756 bits per heavy atom. The second-order valence-corrected chi connectivity index (χ2v) is 17.6. The first-order valence-electron chi connectivity index (χ1n) is 19.3. The van der Waals surface area contributed by atoms with Gasteiger partial charge in [-0.2, -0.15) is 0 Å². The predicted octanol–water partition coefficient (Wildman–Crippen LogP) is 14.3. The molecule has 0 aliphatic heterocycles. The van der Waals surface area contributed by atoms with E-state index in [1.54, 1.807) is 6.92 Å². The summed E-state index contributed by atoms with van der Waals surface area (Å²) in [6.07, 6.45) is 41.4. The van der Waals surface area contributed by atoms with Crippen molar-refractivity contribution in [2.75, 3.05) is 0 Å². The van der Waals surface area contributed by atoms with Gasteiger partial charge in [-0.1, -0.05) is 213 Å². The highest BCUT2D eigenvalue weighted by Crippen LogP contribution is 2.31. The summed E-state index contributed by atoms with van der Waals surface area (Å²) in [7, 11) is -1.98. The zero-order valence-corrected chi connectivity index (χ0v) is 30.2. The van der Waals surface area contributed by atoms with E-state index in [2.05, 4.69) is 20.8 Å². The third-order valence-corrected chi connectivity index (χ3v) is 13.8. The van der Waals surface area contributed by atoms with E-state index in [1.165, 1.54) is 211 Å². The summed E-state index contributed by atoms with van der Waals surface area (Å²) < 4.78 is 6.39. The van der Waals surface area contributed by atoms with Gasteiger partial charge in [-0.3, -0.25) is 4.79 Å². The minimum absolute atomic E-state index is 0.00269. The fraction of sp³-hybridized carbons (Fsp3) is 0.974. The van der Waals surface area contributed by atoms with Crippen LogP contribution in [0.5, 0.6) is 0 Å². The van der Waals surface area contributed by atoms with E-state index in [4.69, 9.17) is 4.43 Å². The SMILES string of the molecule is CCCCCCCCCCCC[Si](CCCCCCCCCCCC)(CCCCCCCCCCCC)OC(C)=O. The fourth-order valence-corrected chi connectivity index (χ4v) is 11.0. The second kappa shape index (κ2) is 32.6. The number of carbonyl (C=O) groups excluding carboxylic acids is 1. The first-order chi connectivity index (χ1) is 20.1. The molecular weight excluding hydrogens is 517 g/mol. The highest BCUT2D eigenvalue weighted by atomic mass is 28.4. The molecule has 0 spiro atoms. The molecule has 0 radical (unpaired) electrons. The Balaban J connectivity index is 4.51. The maximum atomic E-state index is 12.3. The highest BCUT2D eigenvalue weighted by Gasteiger charge is 2.36. The van der Waals surface area contributed by atoms with E-state index in [-0.39, 0.29) is 5.97 Å². The van der Waals surface area contributed by atoms with E-state index < -0.39 is 8.32 Å². The zero-order chi connectivity index (χ0) is 30.1. The number of unbranched alkanes of at least 4 members (excludes halogenated alkanes) is 27. The summed E-state index contributed by atoms with van der Waals surface area (Å²) in [6.45, 7) is 8.57. The molecule has 246 valence electrons. The van der Waals surface area contributed by atoms with Crippen LogP contribution in [0.3, 0.4) is 0 Å². The van der Waals surface area contributed by atoms with E-state index in [0.717, 1.165) is 0 Å². The van der Waals surface area contributed by atoms with Crippen LogP contribution in [-0.4, -0.2) is 14.3 Å². The largest absolute Gasteiger partial charge is 0.519 e. The molecule has 0 aromatic rings. The van der Waals surface area contributed by atoms with Crippen molar-refractivity contribution in [3.63, 3.8) is 0 Å². The maximum Gasteiger partial charge on any atom is 0.289 e. The third kappa shape index (κ3) is 29.5. The summed E-state index contributed by atoms with van der Waals surface area (Å²) in [5, 5.41) is 0. The van der Waals surface area contributed by atoms with E-state index in [1.807, 2.05) is 0 Å². The van der Waals surface area contributed by atoms with Crippen LogP contribution in [0.1, 0.15) is 220 Å². The lowest BCUT2D eigenvalue weighted by Crippen LogP contribution is -2.39. The number of hydrogen-bond acceptors (Lipinski definition) is 2. The lowest BCUT2D eigenvalue weighted by molar-refractivity contribution is -0.132. The van der Waals surface area contributed by atoms with Gasteiger partial charge in [0.2, 0.25) is 0 Å². The Kier molecular flexibility index (Phi) is 32.3. The van der Waals surface area contributed by atoms with Crippen molar-refractivity contribution >= 4 is 14.3 Å². The highest BCUT2D eigenvalue weighted by molar-refractivity contribution is 6.75. The molecule has 0 bridgehead atoms. The average molecular weight is 595 g/mol. The molecule has 3 heteroatoms. The molecule has 0 aromatic heterocycles. The third-order valence-electron chi connectivity index (χ3n) is 9.32. The van der Waals surface area contributed by atoms with Crippen molar-refractivity contribution in [2.45, 2.75) is 238 Å². The summed E-state index contributed by atoms with van der Waals surface area (Å²) in [5.74, 6) is 0.00269. The van der Waals surface area contributed by atoms with Gasteiger partial charge >= 0.3 is 0 Å². The number of carbonyl (C=O) groups is 1. The molecule has 0 aromatic carbocycles. The lowest BCUT2D eigenvalue weighted by Gasteiger charge is -2.31. The molecule has 0 saturated carbocycles. The lowest BCUT2D eigenvalue weighted by atomic mass is 10.1. The van der Waals surface area contributed by atoms with Crippen LogP contribution in [0.4, 0.5) is 0 Å². The minimum atomic E-state index is -1.98. The Hall–Kier alpha value is -0.313. The van der Waals surface area contributed by atoms with Crippen LogP contribution in [-0.2, 0) is 9.22 Å². The smallest absolute Gasteiger partial charge is 0.289 e. The van der Waals surface area contributed by atoms with Gasteiger partial charge < -0.3 is 4.43 Å². The topological polar surface area (TPSA) is 26.3 Å². The second-order valence-electron chi connectivity index (χ2n) is 13.6. The summed E-state index contributed by atoms with van der Waals surface area (Å²) in [6, 6.07) is 3.66. The molecule has 0 atom stereocenters. The quantitative estimate of drug-likeness (QED) is 0.0547. The Bertz CT molecular complexity index is 461. The van der Waals surface area contributed by atoms with Gasteiger partial charge in [0.15, 0.2) is 0 Å². The van der Waals surface area contributed by atoms with Gasteiger partial charge in [-0.15, -0.1) is 0 Å². The first-order valence-corrected chi connectivity index (χ1v) is 21.8. The average Bonchev–Trinajstić information content (AvgIpc) is 2.95. The molecule has 0 fully saturated rings. The maximum absolute atomic E-state index is 12.3. The predicted molar refractivity (Wildman–Crippen MR) is 187 cm³/mol. The van der Waals surface area contributed by atoms with Gasteiger partial charge in [0.25, 0.3) is 14.3 Å². The van der Waals surface area contributed by atoms with Crippen LogP contribution in [0.25, 0.3) is 0 Å². The number of hydrogen-bond donors (Lipinski definition) is 0. The molecule has 0 heterocycles. The first kappa shape index (κ1) is 40.7. The van der Waals surface area contributed by atoms with Crippen LogP contribution >= 0.6 is 0 Å². The Labute approximate surface area is 261 Å². The van der Waals surface area contributed by atoms with Crippen molar-refractivity contribution in [1.82, 2.24) is 0 Å². The van der Waals surface area contributed by atoms with E-state index in [0.29, 0.717) is 0 Å². The van der Waals surface area contributed by atoms with Crippen LogP contribution in [0, 0.1) is 0 Å². The number of rotatable bonds is 34. The molecule has 2 nitrogen and oxygen atoms in total. The van der Waals surface area contributed by atoms with Gasteiger partial charge in [0, 0.05) is 6.92 Å². The minimum Gasteiger partial charge on any atom is -0.519 e.